The molecule has 74 valence electrons. The molecule has 1 saturated heterocycles. The van der Waals surface area contributed by atoms with E-state index >= 15 is 0 Å². The van der Waals surface area contributed by atoms with E-state index in [1.165, 1.54) is 0 Å². The molecule has 1 rings (SSSR count). The van der Waals surface area contributed by atoms with Crippen molar-refractivity contribution in [1.82, 2.24) is 10.2 Å². The standard InChI is InChI=1S/C8H14BrN3O/c1-11-5-7(9)8(10)12-3-2-4-13-6-12/h5,10-11H,2-4,6H2,1H3/b7-5+,10-8?. The van der Waals surface area contributed by atoms with E-state index in [1.807, 2.05) is 4.90 Å². The third-order valence-electron chi connectivity index (χ3n) is 1.78. The summed E-state index contributed by atoms with van der Waals surface area (Å²) in [7, 11) is 1.81. The molecule has 0 spiro atoms. The molecule has 0 aromatic carbocycles. The molecule has 2 N–H and O–H groups in total. The molecule has 0 bridgehead atoms. The molecule has 5 heteroatoms. The minimum atomic E-state index is 0.467. The Morgan fingerprint density at radius 3 is 3.00 bits per heavy atom. The maximum Gasteiger partial charge on any atom is 0.138 e. The van der Waals surface area contributed by atoms with Gasteiger partial charge in [-0.2, -0.15) is 0 Å². The maximum absolute atomic E-state index is 7.78. The molecule has 1 heterocycles. The maximum atomic E-state index is 7.78. The van der Waals surface area contributed by atoms with E-state index in [9.17, 15) is 0 Å². The molecular weight excluding hydrogens is 234 g/mol. The molecule has 0 amide bonds. The lowest BCUT2D eigenvalue weighted by Gasteiger charge is -2.28. The van der Waals surface area contributed by atoms with Gasteiger partial charge in [0.1, 0.15) is 12.6 Å². The Morgan fingerprint density at radius 1 is 1.69 bits per heavy atom. The number of nitrogens with zero attached hydrogens (tertiary/aromatic N) is 1. The van der Waals surface area contributed by atoms with Crippen molar-refractivity contribution in [1.29, 1.82) is 5.41 Å². The predicted octanol–water partition coefficient (Wildman–Crippen LogP) is 1.10. The van der Waals surface area contributed by atoms with E-state index in [4.69, 9.17) is 10.1 Å². The van der Waals surface area contributed by atoms with Crippen LogP contribution in [0.15, 0.2) is 10.7 Å². The first-order valence-corrected chi connectivity index (χ1v) is 4.99. The van der Waals surface area contributed by atoms with Crippen molar-refractivity contribution in [3.63, 3.8) is 0 Å². The van der Waals surface area contributed by atoms with Gasteiger partial charge in [-0.25, -0.2) is 0 Å². The van der Waals surface area contributed by atoms with Crippen molar-refractivity contribution in [3.8, 4) is 0 Å². The SMILES string of the molecule is CN/C=C(/Br)C(=N)N1CCCOC1. The van der Waals surface area contributed by atoms with Gasteiger partial charge in [0, 0.05) is 19.8 Å². The summed E-state index contributed by atoms with van der Waals surface area (Å²) in [4.78, 5) is 1.89. The zero-order valence-electron chi connectivity index (χ0n) is 7.64. The fourth-order valence-electron chi connectivity index (χ4n) is 1.12. The number of rotatable bonds is 2. The lowest BCUT2D eigenvalue weighted by molar-refractivity contribution is 0.0241. The molecule has 0 aromatic rings. The summed E-state index contributed by atoms with van der Waals surface area (Å²) in [6.07, 6.45) is 2.74. The van der Waals surface area contributed by atoms with Crippen LogP contribution in [0.5, 0.6) is 0 Å². The summed E-state index contributed by atoms with van der Waals surface area (Å²) in [5, 5.41) is 10.7. The fraction of sp³-hybridized carbons (Fsp3) is 0.625. The Morgan fingerprint density at radius 2 is 2.46 bits per heavy atom. The number of hydrogen-bond acceptors (Lipinski definition) is 3. The third kappa shape index (κ3) is 3.00. The Hall–Kier alpha value is -0.550. The Labute approximate surface area is 86.6 Å². The molecule has 1 aliphatic heterocycles. The van der Waals surface area contributed by atoms with Gasteiger partial charge in [-0.15, -0.1) is 0 Å². The van der Waals surface area contributed by atoms with Gasteiger partial charge in [-0.05, 0) is 22.4 Å². The number of nitrogens with one attached hydrogen (secondary N) is 2. The molecule has 0 aliphatic carbocycles. The first-order valence-electron chi connectivity index (χ1n) is 4.20. The zero-order valence-corrected chi connectivity index (χ0v) is 9.23. The van der Waals surface area contributed by atoms with Gasteiger partial charge in [0.15, 0.2) is 0 Å². The average Bonchev–Trinajstić information content (AvgIpc) is 2.18. The van der Waals surface area contributed by atoms with Crippen LogP contribution in [0.1, 0.15) is 6.42 Å². The average molecular weight is 248 g/mol. The molecule has 0 atom stereocenters. The zero-order chi connectivity index (χ0) is 9.68. The number of halogens is 1. The quantitative estimate of drug-likeness (QED) is 0.568. The van der Waals surface area contributed by atoms with E-state index in [-0.39, 0.29) is 0 Å². The second-order valence-corrected chi connectivity index (χ2v) is 3.64. The number of hydrogen-bond donors (Lipinski definition) is 2. The van der Waals surface area contributed by atoms with Crippen molar-refractivity contribution in [3.05, 3.63) is 10.7 Å². The number of ether oxygens (including phenoxy) is 1. The van der Waals surface area contributed by atoms with E-state index in [0.29, 0.717) is 12.6 Å². The Balaban J connectivity index is 2.50. The first kappa shape index (κ1) is 10.5. The van der Waals surface area contributed by atoms with Gasteiger partial charge in [0.25, 0.3) is 0 Å². The first-order chi connectivity index (χ1) is 6.25. The van der Waals surface area contributed by atoms with Crippen LogP contribution in [-0.2, 0) is 4.74 Å². The van der Waals surface area contributed by atoms with E-state index in [0.717, 1.165) is 24.1 Å². The van der Waals surface area contributed by atoms with Crippen LogP contribution in [-0.4, -0.2) is 37.7 Å². The molecule has 0 saturated carbocycles. The predicted molar refractivity (Wildman–Crippen MR) is 55.9 cm³/mol. The highest BCUT2D eigenvalue weighted by Crippen LogP contribution is 2.11. The minimum Gasteiger partial charge on any atom is -0.393 e. The summed E-state index contributed by atoms with van der Waals surface area (Å²) in [6, 6.07) is 0. The van der Waals surface area contributed by atoms with Gasteiger partial charge in [0.2, 0.25) is 0 Å². The van der Waals surface area contributed by atoms with E-state index < -0.39 is 0 Å². The van der Waals surface area contributed by atoms with Crippen molar-refractivity contribution < 1.29 is 4.74 Å². The topological polar surface area (TPSA) is 48.4 Å². The highest BCUT2D eigenvalue weighted by Gasteiger charge is 2.15. The van der Waals surface area contributed by atoms with Crippen molar-refractivity contribution in [2.45, 2.75) is 6.42 Å². The molecule has 1 aliphatic rings. The summed E-state index contributed by atoms with van der Waals surface area (Å²) in [5.41, 5.74) is 0. The van der Waals surface area contributed by atoms with Crippen LogP contribution in [0.3, 0.4) is 0 Å². The molecule has 0 aromatic heterocycles. The van der Waals surface area contributed by atoms with Gasteiger partial charge in [0.05, 0.1) is 11.1 Å². The summed E-state index contributed by atoms with van der Waals surface area (Å²) < 4.78 is 6.00. The molecule has 0 unspecified atom stereocenters. The van der Waals surface area contributed by atoms with Crippen molar-refractivity contribution in [2.75, 3.05) is 26.9 Å². The highest BCUT2D eigenvalue weighted by atomic mass is 79.9. The third-order valence-corrected chi connectivity index (χ3v) is 2.38. The van der Waals surface area contributed by atoms with E-state index in [1.54, 1.807) is 13.2 Å². The second kappa shape index (κ2) is 5.24. The smallest absolute Gasteiger partial charge is 0.138 e. The van der Waals surface area contributed by atoms with E-state index in [2.05, 4.69) is 21.2 Å². The van der Waals surface area contributed by atoms with Crippen LogP contribution < -0.4 is 5.32 Å². The summed E-state index contributed by atoms with van der Waals surface area (Å²) in [6.45, 7) is 2.22. The molecule has 13 heavy (non-hydrogen) atoms. The van der Waals surface area contributed by atoms with Crippen LogP contribution in [0.25, 0.3) is 0 Å². The monoisotopic (exact) mass is 247 g/mol. The van der Waals surface area contributed by atoms with Gasteiger partial charge < -0.3 is 15.0 Å². The molecule has 0 radical (unpaired) electrons. The van der Waals surface area contributed by atoms with Crippen LogP contribution in [0.2, 0.25) is 0 Å². The van der Waals surface area contributed by atoms with Crippen molar-refractivity contribution >= 4 is 21.8 Å². The summed E-state index contributed by atoms with van der Waals surface area (Å²) in [5.74, 6) is 0.467. The van der Waals surface area contributed by atoms with Crippen LogP contribution in [0.4, 0.5) is 0 Å². The molecule has 1 fully saturated rings. The minimum absolute atomic E-state index is 0.467. The van der Waals surface area contributed by atoms with Gasteiger partial charge in [-0.1, -0.05) is 0 Å². The normalized spacial score (nSPS) is 18.6. The van der Waals surface area contributed by atoms with Crippen LogP contribution in [0, 0.1) is 5.41 Å². The Kier molecular flexibility index (Phi) is 4.24. The van der Waals surface area contributed by atoms with Gasteiger partial charge >= 0.3 is 0 Å². The second-order valence-electron chi connectivity index (χ2n) is 2.78. The Bertz CT molecular complexity index is 211. The molecule has 4 nitrogen and oxygen atoms in total. The fourth-order valence-corrected chi connectivity index (χ4v) is 1.60. The van der Waals surface area contributed by atoms with Crippen LogP contribution >= 0.6 is 15.9 Å². The van der Waals surface area contributed by atoms with Crippen molar-refractivity contribution in [2.24, 2.45) is 0 Å². The lowest BCUT2D eigenvalue weighted by Crippen LogP contribution is -2.38. The largest absolute Gasteiger partial charge is 0.393 e. The lowest BCUT2D eigenvalue weighted by atomic mass is 10.3. The highest BCUT2D eigenvalue weighted by molar-refractivity contribution is 9.12. The summed E-state index contributed by atoms with van der Waals surface area (Å²) >= 11 is 3.32. The van der Waals surface area contributed by atoms with Gasteiger partial charge in [-0.3, -0.25) is 5.41 Å². The molecular formula is C8H14BrN3O. The number of amidine groups is 1.